The number of methoxy groups -OCH3 is 1. The van der Waals surface area contributed by atoms with Crippen molar-refractivity contribution < 1.29 is 4.74 Å². The summed E-state index contributed by atoms with van der Waals surface area (Å²) < 4.78 is 4.99. The summed E-state index contributed by atoms with van der Waals surface area (Å²) in [7, 11) is 1.71. The third kappa shape index (κ3) is 5.84. The fourth-order valence-electron chi connectivity index (χ4n) is 0.740. The molecule has 0 N–H and O–H groups in total. The first-order valence-electron chi connectivity index (χ1n) is 3.67. The number of unbranched alkanes of at least 4 members (excludes halogenated alkanes) is 2. The average Bonchev–Trinajstić information content (AvgIpc) is 1.89. The number of rotatable bonds is 5. The second-order valence-electron chi connectivity index (χ2n) is 2.35. The van der Waals surface area contributed by atoms with E-state index in [0.717, 1.165) is 6.42 Å². The van der Waals surface area contributed by atoms with Crippen LogP contribution >= 0.6 is 0 Å². The monoisotopic (exact) mass is 129 g/mol. The zero-order valence-electron chi connectivity index (χ0n) is 6.52. The summed E-state index contributed by atoms with van der Waals surface area (Å²) in [4.78, 5) is 0. The maximum absolute atomic E-state index is 4.99. The number of ether oxygens (including phenoxy) is 1. The zero-order chi connectivity index (χ0) is 7.11. The Morgan fingerprint density at radius 3 is 2.56 bits per heavy atom. The molecule has 0 rings (SSSR count). The Morgan fingerprint density at radius 2 is 2.11 bits per heavy atom. The Labute approximate surface area is 58.4 Å². The lowest BCUT2D eigenvalue weighted by molar-refractivity contribution is 0.129. The highest BCUT2D eigenvalue weighted by Crippen LogP contribution is 2.03. The Bertz CT molecular complexity index is 52.5. The first-order chi connectivity index (χ1) is 4.31. The highest BCUT2D eigenvalue weighted by atomic mass is 16.5. The van der Waals surface area contributed by atoms with Gasteiger partial charge in [0.25, 0.3) is 0 Å². The maximum Gasteiger partial charge on any atom is 0.0572 e. The molecule has 1 radical (unpaired) electrons. The molecule has 0 fully saturated rings. The van der Waals surface area contributed by atoms with E-state index in [9.17, 15) is 0 Å². The lowest BCUT2D eigenvalue weighted by Crippen LogP contribution is -2.03. The third-order valence-corrected chi connectivity index (χ3v) is 1.46. The molecule has 1 atom stereocenters. The van der Waals surface area contributed by atoms with Crippen molar-refractivity contribution in [3.05, 3.63) is 6.92 Å². The van der Waals surface area contributed by atoms with Gasteiger partial charge in [-0.25, -0.2) is 0 Å². The second kappa shape index (κ2) is 6.09. The molecule has 0 bridgehead atoms. The van der Waals surface area contributed by atoms with Gasteiger partial charge in [0.2, 0.25) is 0 Å². The fourth-order valence-corrected chi connectivity index (χ4v) is 0.740. The van der Waals surface area contributed by atoms with Crippen LogP contribution < -0.4 is 0 Å². The fraction of sp³-hybridized carbons (Fsp3) is 0.875. The van der Waals surface area contributed by atoms with Gasteiger partial charge >= 0.3 is 0 Å². The van der Waals surface area contributed by atoms with Crippen LogP contribution in [0.3, 0.4) is 0 Å². The van der Waals surface area contributed by atoms with Gasteiger partial charge in [0.1, 0.15) is 0 Å². The SMILES string of the molecule is [CH2][C@H](CCCCC)OC. The van der Waals surface area contributed by atoms with Crippen LogP contribution in [-0.4, -0.2) is 13.2 Å². The van der Waals surface area contributed by atoms with Crippen molar-refractivity contribution in [2.75, 3.05) is 7.11 Å². The van der Waals surface area contributed by atoms with E-state index >= 15 is 0 Å². The minimum atomic E-state index is 0.205. The molecule has 0 spiro atoms. The predicted octanol–water partition coefficient (Wildman–Crippen LogP) is 2.42. The van der Waals surface area contributed by atoms with E-state index in [-0.39, 0.29) is 6.10 Å². The largest absolute Gasteiger partial charge is 0.381 e. The molecule has 0 aliphatic rings. The van der Waals surface area contributed by atoms with Gasteiger partial charge in [-0.05, 0) is 13.3 Å². The van der Waals surface area contributed by atoms with E-state index in [1.54, 1.807) is 7.11 Å². The van der Waals surface area contributed by atoms with Crippen LogP contribution in [0.25, 0.3) is 0 Å². The Hall–Kier alpha value is -0.0400. The van der Waals surface area contributed by atoms with Gasteiger partial charge in [0, 0.05) is 7.11 Å². The first kappa shape index (κ1) is 8.96. The van der Waals surface area contributed by atoms with Gasteiger partial charge < -0.3 is 4.74 Å². The number of hydrogen-bond acceptors (Lipinski definition) is 1. The molecule has 0 aromatic rings. The quantitative estimate of drug-likeness (QED) is 0.518. The molecular weight excluding hydrogens is 112 g/mol. The molecule has 0 aliphatic heterocycles. The Balaban J connectivity index is 2.88. The summed E-state index contributed by atoms with van der Waals surface area (Å²) in [5.74, 6) is 0. The van der Waals surface area contributed by atoms with Crippen LogP contribution in [0.2, 0.25) is 0 Å². The first-order valence-corrected chi connectivity index (χ1v) is 3.67. The molecule has 0 unspecified atom stereocenters. The van der Waals surface area contributed by atoms with Crippen LogP contribution in [0.15, 0.2) is 0 Å². The van der Waals surface area contributed by atoms with Crippen LogP contribution in [0.5, 0.6) is 0 Å². The molecule has 55 valence electrons. The molecule has 0 heterocycles. The molecule has 1 heteroatoms. The lowest BCUT2D eigenvalue weighted by Gasteiger charge is -2.06. The second-order valence-corrected chi connectivity index (χ2v) is 2.35. The molecule has 0 saturated heterocycles. The minimum absolute atomic E-state index is 0.205. The normalized spacial score (nSPS) is 13.7. The van der Waals surface area contributed by atoms with E-state index in [1.165, 1.54) is 19.3 Å². The van der Waals surface area contributed by atoms with Crippen molar-refractivity contribution in [2.45, 2.75) is 38.7 Å². The summed E-state index contributed by atoms with van der Waals surface area (Å²) >= 11 is 0. The van der Waals surface area contributed by atoms with Gasteiger partial charge in [-0.1, -0.05) is 26.2 Å². The topological polar surface area (TPSA) is 9.23 Å². The van der Waals surface area contributed by atoms with E-state index in [2.05, 4.69) is 13.8 Å². The van der Waals surface area contributed by atoms with Crippen LogP contribution in [0.1, 0.15) is 32.6 Å². The Kier molecular flexibility index (Phi) is 6.06. The minimum Gasteiger partial charge on any atom is -0.381 e. The van der Waals surface area contributed by atoms with Gasteiger partial charge in [0.05, 0.1) is 6.10 Å². The molecule has 0 amide bonds. The van der Waals surface area contributed by atoms with Crippen molar-refractivity contribution in [3.63, 3.8) is 0 Å². The molecule has 0 aromatic carbocycles. The smallest absolute Gasteiger partial charge is 0.0572 e. The van der Waals surface area contributed by atoms with E-state index in [1.807, 2.05) is 0 Å². The molecule has 0 saturated carbocycles. The van der Waals surface area contributed by atoms with Gasteiger partial charge in [0.15, 0.2) is 0 Å². The van der Waals surface area contributed by atoms with Crippen molar-refractivity contribution in [1.29, 1.82) is 0 Å². The van der Waals surface area contributed by atoms with Crippen molar-refractivity contribution in [1.82, 2.24) is 0 Å². The van der Waals surface area contributed by atoms with Crippen molar-refractivity contribution in [2.24, 2.45) is 0 Å². The summed E-state index contributed by atoms with van der Waals surface area (Å²) in [5.41, 5.74) is 0. The van der Waals surface area contributed by atoms with Gasteiger partial charge in [-0.3, -0.25) is 0 Å². The zero-order valence-corrected chi connectivity index (χ0v) is 6.52. The molecular formula is C8H17O. The summed E-state index contributed by atoms with van der Waals surface area (Å²) in [6.07, 6.45) is 5.13. The third-order valence-electron chi connectivity index (χ3n) is 1.46. The van der Waals surface area contributed by atoms with Gasteiger partial charge in [-0.2, -0.15) is 0 Å². The van der Waals surface area contributed by atoms with E-state index in [0.29, 0.717) is 0 Å². The Morgan fingerprint density at radius 1 is 1.44 bits per heavy atom. The van der Waals surface area contributed by atoms with Crippen LogP contribution in [0, 0.1) is 6.92 Å². The maximum atomic E-state index is 4.99. The predicted molar refractivity (Wildman–Crippen MR) is 40.3 cm³/mol. The summed E-state index contributed by atoms with van der Waals surface area (Å²) in [6.45, 7) is 6.01. The van der Waals surface area contributed by atoms with E-state index in [4.69, 9.17) is 4.74 Å². The summed E-state index contributed by atoms with van der Waals surface area (Å²) in [6, 6.07) is 0. The van der Waals surface area contributed by atoms with Crippen molar-refractivity contribution in [3.8, 4) is 0 Å². The highest BCUT2D eigenvalue weighted by Gasteiger charge is 1.96. The van der Waals surface area contributed by atoms with Crippen LogP contribution in [-0.2, 0) is 4.74 Å². The molecule has 0 aliphatic carbocycles. The number of hydrogen-bond donors (Lipinski definition) is 0. The summed E-state index contributed by atoms with van der Waals surface area (Å²) in [5, 5.41) is 0. The molecule has 0 aromatic heterocycles. The van der Waals surface area contributed by atoms with Crippen molar-refractivity contribution >= 4 is 0 Å². The van der Waals surface area contributed by atoms with Crippen LogP contribution in [0.4, 0.5) is 0 Å². The van der Waals surface area contributed by atoms with Gasteiger partial charge in [-0.15, -0.1) is 0 Å². The van der Waals surface area contributed by atoms with E-state index < -0.39 is 0 Å². The average molecular weight is 129 g/mol. The molecule has 1 nitrogen and oxygen atoms in total. The molecule has 9 heavy (non-hydrogen) atoms. The highest BCUT2D eigenvalue weighted by molar-refractivity contribution is 4.57. The lowest BCUT2D eigenvalue weighted by atomic mass is 10.1. The standard InChI is InChI=1S/C8H17O/c1-4-5-6-7-8(2)9-3/h8H,2,4-7H2,1,3H3/t8-/m1/s1.